The first-order valence-corrected chi connectivity index (χ1v) is 7.98. The van der Waals surface area contributed by atoms with Crippen LogP contribution in [0, 0.1) is 5.92 Å². The molecule has 0 radical (unpaired) electrons. The summed E-state index contributed by atoms with van der Waals surface area (Å²) >= 11 is 0. The molecule has 0 aromatic rings. The Morgan fingerprint density at radius 1 is 1.40 bits per heavy atom. The van der Waals surface area contributed by atoms with E-state index < -0.39 is 0 Å². The van der Waals surface area contributed by atoms with Gasteiger partial charge in [-0.15, -0.1) is 0 Å². The highest BCUT2D eigenvalue weighted by molar-refractivity contribution is 5.75. The average Bonchev–Trinajstić information content (AvgIpc) is 2.41. The second kappa shape index (κ2) is 8.63. The van der Waals surface area contributed by atoms with Crippen molar-refractivity contribution in [3.8, 4) is 0 Å². The average molecular weight is 284 g/mol. The summed E-state index contributed by atoms with van der Waals surface area (Å²) in [5, 5.41) is 3.30. The molecule has 0 heterocycles. The SMILES string of the molecule is COC(=O)C(CCN(C)C1CCCC(C)C1)NC(C)C. The van der Waals surface area contributed by atoms with Crippen molar-refractivity contribution in [1.29, 1.82) is 0 Å². The standard InChI is InChI=1S/C16H32N2O2/c1-12(2)17-15(16(19)20-5)9-10-18(4)14-8-6-7-13(3)11-14/h12-15,17H,6-11H2,1-5H3. The minimum Gasteiger partial charge on any atom is -0.468 e. The van der Waals surface area contributed by atoms with Crippen molar-refractivity contribution in [2.45, 2.75) is 71.0 Å². The van der Waals surface area contributed by atoms with Crippen LogP contribution in [-0.2, 0) is 9.53 Å². The first-order valence-electron chi connectivity index (χ1n) is 7.98. The molecule has 3 atom stereocenters. The van der Waals surface area contributed by atoms with Gasteiger partial charge in [0, 0.05) is 18.6 Å². The zero-order valence-electron chi connectivity index (χ0n) is 13.8. The van der Waals surface area contributed by atoms with E-state index in [-0.39, 0.29) is 12.0 Å². The van der Waals surface area contributed by atoms with Crippen molar-refractivity contribution >= 4 is 5.97 Å². The van der Waals surface area contributed by atoms with Crippen molar-refractivity contribution in [2.75, 3.05) is 20.7 Å². The van der Waals surface area contributed by atoms with Gasteiger partial charge in [-0.2, -0.15) is 0 Å². The normalized spacial score (nSPS) is 24.9. The van der Waals surface area contributed by atoms with E-state index in [2.05, 4.69) is 38.0 Å². The smallest absolute Gasteiger partial charge is 0.322 e. The Morgan fingerprint density at radius 3 is 2.65 bits per heavy atom. The topological polar surface area (TPSA) is 41.6 Å². The van der Waals surface area contributed by atoms with Crippen LogP contribution in [0.3, 0.4) is 0 Å². The Balaban J connectivity index is 2.42. The van der Waals surface area contributed by atoms with E-state index in [0.717, 1.165) is 18.9 Å². The first-order chi connectivity index (χ1) is 9.43. The third-order valence-corrected chi connectivity index (χ3v) is 4.32. The van der Waals surface area contributed by atoms with Gasteiger partial charge in [0.25, 0.3) is 0 Å². The lowest BCUT2D eigenvalue weighted by molar-refractivity contribution is -0.143. The van der Waals surface area contributed by atoms with E-state index in [1.807, 2.05) is 0 Å². The summed E-state index contributed by atoms with van der Waals surface area (Å²) in [6.45, 7) is 7.40. The highest BCUT2D eigenvalue weighted by atomic mass is 16.5. The summed E-state index contributed by atoms with van der Waals surface area (Å²) in [7, 11) is 3.65. The summed E-state index contributed by atoms with van der Waals surface area (Å²) in [6.07, 6.45) is 6.09. The van der Waals surface area contributed by atoms with E-state index in [9.17, 15) is 4.79 Å². The molecule has 0 saturated heterocycles. The van der Waals surface area contributed by atoms with Crippen molar-refractivity contribution in [3.63, 3.8) is 0 Å². The lowest BCUT2D eigenvalue weighted by Gasteiger charge is -2.34. The van der Waals surface area contributed by atoms with Crippen molar-refractivity contribution < 1.29 is 9.53 Å². The van der Waals surface area contributed by atoms with Gasteiger partial charge in [0.15, 0.2) is 0 Å². The largest absolute Gasteiger partial charge is 0.468 e. The molecule has 1 N–H and O–H groups in total. The number of esters is 1. The molecule has 118 valence electrons. The van der Waals surface area contributed by atoms with Crippen LogP contribution in [0.1, 0.15) is 52.9 Å². The Hall–Kier alpha value is -0.610. The van der Waals surface area contributed by atoms with Gasteiger partial charge in [-0.3, -0.25) is 4.79 Å². The highest BCUT2D eigenvalue weighted by Crippen LogP contribution is 2.26. The predicted molar refractivity (Wildman–Crippen MR) is 82.7 cm³/mol. The third kappa shape index (κ3) is 5.80. The summed E-state index contributed by atoms with van der Waals surface area (Å²) in [5.41, 5.74) is 0. The van der Waals surface area contributed by atoms with Gasteiger partial charge in [0.1, 0.15) is 6.04 Å². The molecule has 1 aliphatic rings. The zero-order chi connectivity index (χ0) is 15.1. The van der Waals surface area contributed by atoms with Crippen LogP contribution in [0.25, 0.3) is 0 Å². The molecule has 1 rings (SSSR count). The van der Waals surface area contributed by atoms with E-state index in [0.29, 0.717) is 12.1 Å². The maximum Gasteiger partial charge on any atom is 0.322 e. The summed E-state index contributed by atoms with van der Waals surface area (Å²) in [5.74, 6) is 0.686. The van der Waals surface area contributed by atoms with Gasteiger partial charge < -0.3 is 15.0 Å². The molecule has 0 aromatic heterocycles. The van der Waals surface area contributed by atoms with Crippen molar-refractivity contribution in [2.24, 2.45) is 5.92 Å². The van der Waals surface area contributed by atoms with Crippen LogP contribution in [-0.4, -0.2) is 49.7 Å². The number of rotatable bonds is 7. The van der Waals surface area contributed by atoms with Crippen molar-refractivity contribution in [1.82, 2.24) is 10.2 Å². The number of ether oxygens (including phenoxy) is 1. The predicted octanol–water partition coefficient (Wildman–Crippen LogP) is 2.43. The molecule has 1 saturated carbocycles. The number of nitrogens with one attached hydrogen (secondary N) is 1. The van der Waals surface area contributed by atoms with Gasteiger partial charge in [0.05, 0.1) is 7.11 Å². The number of hydrogen-bond acceptors (Lipinski definition) is 4. The van der Waals surface area contributed by atoms with Gasteiger partial charge >= 0.3 is 5.97 Å². The van der Waals surface area contributed by atoms with E-state index in [1.54, 1.807) is 0 Å². The van der Waals surface area contributed by atoms with Gasteiger partial charge in [0.2, 0.25) is 0 Å². The van der Waals surface area contributed by atoms with Crippen LogP contribution in [0.15, 0.2) is 0 Å². The molecule has 0 amide bonds. The van der Waals surface area contributed by atoms with Crippen LogP contribution in [0.4, 0.5) is 0 Å². The number of nitrogens with zero attached hydrogens (tertiary/aromatic N) is 1. The van der Waals surface area contributed by atoms with E-state index >= 15 is 0 Å². The van der Waals surface area contributed by atoms with Gasteiger partial charge in [-0.05, 0) is 32.2 Å². The molecular formula is C16H32N2O2. The van der Waals surface area contributed by atoms with Crippen LogP contribution >= 0.6 is 0 Å². The summed E-state index contributed by atoms with van der Waals surface area (Å²) < 4.78 is 4.89. The number of carbonyl (C=O) groups is 1. The quantitative estimate of drug-likeness (QED) is 0.729. The Kier molecular flexibility index (Phi) is 7.52. The molecule has 0 spiro atoms. The molecule has 4 heteroatoms. The van der Waals surface area contributed by atoms with E-state index in [1.165, 1.54) is 32.8 Å². The van der Waals surface area contributed by atoms with Gasteiger partial charge in [-0.1, -0.05) is 33.6 Å². The molecule has 20 heavy (non-hydrogen) atoms. The number of methoxy groups -OCH3 is 1. The molecule has 0 bridgehead atoms. The van der Waals surface area contributed by atoms with Crippen LogP contribution in [0.2, 0.25) is 0 Å². The number of carbonyl (C=O) groups excluding carboxylic acids is 1. The third-order valence-electron chi connectivity index (χ3n) is 4.32. The van der Waals surface area contributed by atoms with Crippen LogP contribution < -0.4 is 5.32 Å². The van der Waals surface area contributed by atoms with Crippen molar-refractivity contribution in [3.05, 3.63) is 0 Å². The summed E-state index contributed by atoms with van der Waals surface area (Å²) in [6, 6.07) is 0.777. The minimum absolute atomic E-state index is 0.149. The van der Waals surface area contributed by atoms with Crippen LogP contribution in [0.5, 0.6) is 0 Å². The highest BCUT2D eigenvalue weighted by Gasteiger charge is 2.25. The molecule has 3 unspecified atom stereocenters. The fourth-order valence-corrected chi connectivity index (χ4v) is 3.13. The maximum atomic E-state index is 11.8. The Bertz CT molecular complexity index is 294. The first kappa shape index (κ1) is 17.4. The molecule has 1 fully saturated rings. The maximum absolute atomic E-state index is 11.8. The second-order valence-electron chi connectivity index (χ2n) is 6.59. The number of hydrogen-bond donors (Lipinski definition) is 1. The Labute approximate surface area is 124 Å². The van der Waals surface area contributed by atoms with Gasteiger partial charge in [-0.25, -0.2) is 0 Å². The second-order valence-corrected chi connectivity index (χ2v) is 6.59. The summed E-state index contributed by atoms with van der Waals surface area (Å²) in [4.78, 5) is 14.2. The zero-order valence-corrected chi connectivity index (χ0v) is 13.8. The fraction of sp³-hybridized carbons (Fsp3) is 0.938. The molecule has 1 aliphatic carbocycles. The Morgan fingerprint density at radius 2 is 2.10 bits per heavy atom. The molecular weight excluding hydrogens is 252 g/mol. The monoisotopic (exact) mass is 284 g/mol. The lowest BCUT2D eigenvalue weighted by Crippen LogP contribution is -2.45. The molecule has 4 nitrogen and oxygen atoms in total. The lowest BCUT2D eigenvalue weighted by atomic mass is 9.86. The minimum atomic E-state index is -0.191. The fourth-order valence-electron chi connectivity index (χ4n) is 3.13. The molecule has 0 aliphatic heterocycles. The molecule has 0 aromatic carbocycles. The van der Waals surface area contributed by atoms with E-state index in [4.69, 9.17) is 4.74 Å².